The van der Waals surface area contributed by atoms with Crippen LogP contribution in [-0.2, 0) is 13.0 Å². The van der Waals surface area contributed by atoms with Gasteiger partial charge >= 0.3 is 0 Å². The number of hydrogen-bond donors (Lipinski definition) is 0. The molecule has 1 saturated heterocycles. The number of methoxy groups -OCH3 is 1. The fourth-order valence-corrected chi connectivity index (χ4v) is 5.67. The number of aliphatic imine (C=N–C) groups is 1. The number of aryl methyl sites for hydroxylation is 1. The molecule has 0 bridgehead atoms. The molecule has 8 nitrogen and oxygen atoms in total. The lowest BCUT2D eigenvalue weighted by molar-refractivity contribution is 0.170. The summed E-state index contributed by atoms with van der Waals surface area (Å²) in [5.41, 5.74) is 6.82. The van der Waals surface area contributed by atoms with E-state index in [1.165, 1.54) is 23.3 Å². The van der Waals surface area contributed by atoms with Crippen LogP contribution in [0.5, 0.6) is 17.4 Å². The van der Waals surface area contributed by atoms with Crippen LogP contribution >= 0.6 is 0 Å². The molecule has 1 aliphatic carbocycles. The Labute approximate surface area is 205 Å². The molecular weight excluding hydrogens is 442 g/mol. The normalized spacial score (nSPS) is 24.8. The second-order valence-corrected chi connectivity index (χ2v) is 9.91. The first-order valence-corrected chi connectivity index (χ1v) is 12.3. The standard InChI is InChI=1S/C27H31N5O3/c1-17-13-30-22-4-5-25(33-3)31-26(22)21(17)10-18-12-27(18)7-6-19(16-32(27)2)28-14-20-11-23-24(15-29-20)35-9-8-34-23/h4-5,11,13,15,18H,6-10,12,14,16H2,1-3H3/t18-,27-/m0/s1. The molecule has 0 unspecified atom stereocenters. The van der Waals surface area contributed by atoms with Crippen LogP contribution in [0.25, 0.3) is 11.0 Å². The Morgan fingerprint density at radius 2 is 2.03 bits per heavy atom. The van der Waals surface area contributed by atoms with Crippen LogP contribution in [0.15, 0.2) is 35.6 Å². The number of pyridine rings is 3. The van der Waals surface area contributed by atoms with E-state index in [9.17, 15) is 0 Å². The maximum absolute atomic E-state index is 5.68. The maximum atomic E-state index is 5.68. The van der Waals surface area contributed by atoms with Crippen molar-refractivity contribution in [1.29, 1.82) is 0 Å². The number of likely N-dealkylation sites (tertiary alicyclic amines) is 1. The molecule has 0 amide bonds. The minimum Gasteiger partial charge on any atom is -0.486 e. The molecule has 3 aliphatic rings. The Bertz CT molecular complexity index is 1310. The van der Waals surface area contributed by atoms with Gasteiger partial charge < -0.3 is 14.2 Å². The number of hydrogen-bond acceptors (Lipinski definition) is 8. The Kier molecular flexibility index (Phi) is 5.56. The smallest absolute Gasteiger partial charge is 0.213 e. The van der Waals surface area contributed by atoms with Gasteiger partial charge in [0, 0.05) is 36.1 Å². The highest BCUT2D eigenvalue weighted by atomic mass is 16.6. The summed E-state index contributed by atoms with van der Waals surface area (Å²) in [6, 6.07) is 5.83. The summed E-state index contributed by atoms with van der Waals surface area (Å²) in [5.74, 6) is 2.75. The summed E-state index contributed by atoms with van der Waals surface area (Å²) in [6.07, 6.45) is 8.13. The summed E-state index contributed by atoms with van der Waals surface area (Å²) < 4.78 is 16.6. The van der Waals surface area contributed by atoms with Gasteiger partial charge in [-0.05, 0) is 62.8 Å². The van der Waals surface area contributed by atoms with Crippen LogP contribution in [0.3, 0.4) is 0 Å². The Morgan fingerprint density at radius 3 is 2.86 bits per heavy atom. The minimum absolute atomic E-state index is 0.259. The van der Waals surface area contributed by atoms with E-state index in [1.807, 2.05) is 24.4 Å². The lowest BCUT2D eigenvalue weighted by atomic mass is 9.93. The van der Waals surface area contributed by atoms with E-state index in [1.54, 1.807) is 13.3 Å². The molecule has 1 spiro atoms. The topological polar surface area (TPSA) is 82.0 Å². The molecule has 5 heterocycles. The molecule has 3 aromatic heterocycles. The van der Waals surface area contributed by atoms with E-state index < -0.39 is 0 Å². The van der Waals surface area contributed by atoms with E-state index in [0.717, 1.165) is 54.0 Å². The molecule has 2 atom stereocenters. The van der Waals surface area contributed by atoms with Crippen LogP contribution < -0.4 is 14.2 Å². The quantitative estimate of drug-likeness (QED) is 0.558. The fraction of sp³-hybridized carbons (Fsp3) is 0.481. The number of rotatable bonds is 5. The number of piperidine rings is 1. The Hall–Kier alpha value is -3.26. The molecule has 182 valence electrons. The third-order valence-electron chi connectivity index (χ3n) is 7.84. The molecule has 3 aromatic rings. The Morgan fingerprint density at radius 1 is 1.17 bits per heavy atom. The first kappa shape index (κ1) is 22.2. The average Bonchev–Trinajstić information content (AvgIpc) is 3.59. The molecule has 2 fully saturated rings. The molecular formula is C27H31N5O3. The van der Waals surface area contributed by atoms with Crippen molar-refractivity contribution in [2.45, 2.75) is 44.7 Å². The lowest BCUT2D eigenvalue weighted by Crippen LogP contribution is -2.44. The fourth-order valence-electron chi connectivity index (χ4n) is 5.67. The first-order valence-electron chi connectivity index (χ1n) is 12.3. The number of fused-ring (bicyclic) bond motifs is 2. The minimum atomic E-state index is 0.259. The molecule has 0 aromatic carbocycles. The maximum Gasteiger partial charge on any atom is 0.213 e. The van der Waals surface area contributed by atoms with Crippen molar-refractivity contribution in [3.63, 3.8) is 0 Å². The number of ether oxygens (including phenoxy) is 3. The second kappa shape index (κ2) is 8.75. The van der Waals surface area contributed by atoms with Gasteiger partial charge in [-0.15, -0.1) is 0 Å². The SMILES string of the molecule is COc1ccc2ncc(C)c(C[C@H]3C[C@@]34CCC(=NCc3cc5c(cn3)OCCO5)CN4C)c2n1. The van der Waals surface area contributed by atoms with E-state index in [2.05, 4.69) is 28.8 Å². The van der Waals surface area contributed by atoms with Crippen molar-refractivity contribution < 1.29 is 14.2 Å². The molecule has 2 aliphatic heterocycles. The average molecular weight is 474 g/mol. The van der Waals surface area contributed by atoms with Gasteiger partial charge in [0.25, 0.3) is 0 Å². The summed E-state index contributed by atoms with van der Waals surface area (Å²) in [4.78, 5) is 21.2. The van der Waals surface area contributed by atoms with Crippen LogP contribution in [0.2, 0.25) is 0 Å². The van der Waals surface area contributed by atoms with Gasteiger partial charge in [-0.1, -0.05) is 0 Å². The highest BCUT2D eigenvalue weighted by molar-refractivity contribution is 5.87. The van der Waals surface area contributed by atoms with Crippen molar-refractivity contribution in [2.75, 3.05) is 33.9 Å². The van der Waals surface area contributed by atoms with E-state index in [4.69, 9.17) is 24.2 Å². The summed E-state index contributed by atoms with van der Waals surface area (Å²) >= 11 is 0. The summed E-state index contributed by atoms with van der Waals surface area (Å²) in [5, 5.41) is 0. The highest BCUT2D eigenvalue weighted by Crippen LogP contribution is 2.55. The lowest BCUT2D eigenvalue weighted by Gasteiger charge is -2.35. The molecule has 1 saturated carbocycles. The third-order valence-corrected chi connectivity index (χ3v) is 7.84. The zero-order chi connectivity index (χ0) is 24.0. The number of aromatic nitrogens is 3. The zero-order valence-corrected chi connectivity index (χ0v) is 20.6. The molecule has 8 heteroatoms. The van der Waals surface area contributed by atoms with Crippen LogP contribution in [-0.4, -0.2) is 65.0 Å². The van der Waals surface area contributed by atoms with Gasteiger partial charge in [-0.25, -0.2) is 4.98 Å². The van der Waals surface area contributed by atoms with Crippen molar-refractivity contribution in [2.24, 2.45) is 10.9 Å². The molecule has 35 heavy (non-hydrogen) atoms. The van der Waals surface area contributed by atoms with Crippen molar-refractivity contribution in [3.05, 3.63) is 47.4 Å². The second-order valence-electron chi connectivity index (χ2n) is 9.91. The molecule has 0 radical (unpaired) electrons. The summed E-state index contributed by atoms with van der Waals surface area (Å²) in [6.45, 7) is 4.78. The number of nitrogens with zero attached hydrogens (tertiary/aromatic N) is 5. The third kappa shape index (κ3) is 4.10. The van der Waals surface area contributed by atoms with Gasteiger partial charge in [0.2, 0.25) is 5.88 Å². The van der Waals surface area contributed by atoms with Gasteiger partial charge in [0.05, 0.1) is 36.6 Å². The van der Waals surface area contributed by atoms with Crippen LogP contribution in [0, 0.1) is 12.8 Å². The van der Waals surface area contributed by atoms with Gasteiger partial charge in [-0.2, -0.15) is 0 Å². The largest absolute Gasteiger partial charge is 0.486 e. The highest BCUT2D eigenvalue weighted by Gasteiger charge is 2.57. The van der Waals surface area contributed by atoms with Crippen molar-refractivity contribution in [1.82, 2.24) is 19.9 Å². The first-order chi connectivity index (χ1) is 17.1. The molecule has 6 rings (SSSR count). The van der Waals surface area contributed by atoms with Gasteiger partial charge in [0.1, 0.15) is 13.2 Å². The van der Waals surface area contributed by atoms with Gasteiger partial charge in [-0.3, -0.25) is 19.9 Å². The predicted octanol–water partition coefficient (Wildman–Crippen LogP) is 3.78. The zero-order valence-electron chi connectivity index (χ0n) is 20.6. The van der Waals surface area contributed by atoms with E-state index in [-0.39, 0.29) is 5.54 Å². The van der Waals surface area contributed by atoms with Crippen molar-refractivity contribution in [3.8, 4) is 17.4 Å². The predicted molar refractivity (Wildman–Crippen MR) is 134 cm³/mol. The van der Waals surface area contributed by atoms with E-state index in [0.29, 0.717) is 31.6 Å². The van der Waals surface area contributed by atoms with Gasteiger partial charge in [0.15, 0.2) is 11.5 Å². The van der Waals surface area contributed by atoms with E-state index >= 15 is 0 Å². The van der Waals surface area contributed by atoms with Crippen molar-refractivity contribution >= 4 is 16.7 Å². The van der Waals surface area contributed by atoms with Crippen LogP contribution in [0.4, 0.5) is 0 Å². The Balaban J connectivity index is 1.13. The van der Waals surface area contributed by atoms with Crippen LogP contribution in [0.1, 0.15) is 36.1 Å². The summed E-state index contributed by atoms with van der Waals surface area (Å²) in [7, 11) is 3.91. The molecule has 0 N–H and O–H groups in total. The monoisotopic (exact) mass is 473 g/mol.